The molecule has 1 aliphatic rings. The van der Waals surface area contributed by atoms with Gasteiger partial charge < -0.3 is 10.0 Å². The Bertz CT molecular complexity index is 416. The lowest BCUT2D eigenvalue weighted by atomic mass is 10.2. The summed E-state index contributed by atoms with van der Waals surface area (Å²) in [5.41, 5.74) is -1.16. The maximum absolute atomic E-state index is 11.1. The van der Waals surface area contributed by atoms with E-state index in [1.54, 1.807) is 4.90 Å². The maximum Gasteiger partial charge on any atom is 0.342 e. The molecule has 1 aromatic heterocycles. The van der Waals surface area contributed by atoms with Gasteiger partial charge in [-0.25, -0.2) is 9.89 Å². The van der Waals surface area contributed by atoms with Crippen molar-refractivity contribution in [1.82, 2.24) is 15.2 Å². The lowest BCUT2D eigenvalue weighted by molar-refractivity contribution is 0.141. The summed E-state index contributed by atoms with van der Waals surface area (Å²) in [7, 11) is 0. The molecular formula is C6H8N4O3. The molecule has 0 spiro atoms. The van der Waals surface area contributed by atoms with Gasteiger partial charge in [0, 0.05) is 13.1 Å². The number of aromatic nitrogens is 3. The van der Waals surface area contributed by atoms with Gasteiger partial charge in [-0.1, -0.05) is 0 Å². The zero-order valence-corrected chi connectivity index (χ0v) is 6.65. The smallest absolute Gasteiger partial charge is 0.342 e. The minimum atomic E-state index is -0.630. The Kier molecular flexibility index (Phi) is 1.66. The second-order valence-corrected chi connectivity index (χ2v) is 2.89. The van der Waals surface area contributed by atoms with Crippen molar-refractivity contribution < 1.29 is 5.11 Å². The fraction of sp³-hybridized carbons (Fsp3) is 0.500. The zero-order chi connectivity index (χ0) is 9.42. The number of aliphatic hydroxyl groups is 1. The molecule has 0 amide bonds. The molecule has 7 heteroatoms. The Labute approximate surface area is 72.0 Å². The number of rotatable bonds is 1. The number of aromatic amines is 2. The van der Waals surface area contributed by atoms with Crippen LogP contribution in [-0.4, -0.2) is 39.5 Å². The summed E-state index contributed by atoms with van der Waals surface area (Å²) in [5, 5.41) is 14.7. The van der Waals surface area contributed by atoms with Crippen molar-refractivity contribution in [1.29, 1.82) is 0 Å². The standard InChI is InChI=1S/C6H8N4O3/c11-3-1-10(2-3)4-5(12)7-6(13)9-8-4/h3,11H,1-2H2,(H2,7,9,12,13). The van der Waals surface area contributed by atoms with E-state index < -0.39 is 17.4 Å². The Morgan fingerprint density at radius 3 is 2.69 bits per heavy atom. The molecule has 0 aliphatic carbocycles. The van der Waals surface area contributed by atoms with Crippen molar-refractivity contribution in [3.63, 3.8) is 0 Å². The van der Waals surface area contributed by atoms with Crippen LogP contribution in [0.5, 0.6) is 0 Å². The van der Waals surface area contributed by atoms with E-state index in [0.29, 0.717) is 13.1 Å². The fourth-order valence-corrected chi connectivity index (χ4v) is 1.18. The summed E-state index contributed by atoms with van der Waals surface area (Å²) in [6.07, 6.45) is -0.409. The summed E-state index contributed by atoms with van der Waals surface area (Å²) < 4.78 is 0. The predicted molar refractivity (Wildman–Crippen MR) is 43.7 cm³/mol. The molecule has 0 bridgehead atoms. The molecule has 70 valence electrons. The predicted octanol–water partition coefficient (Wildman–Crippen LogP) is -2.36. The van der Waals surface area contributed by atoms with Crippen LogP contribution in [0.3, 0.4) is 0 Å². The van der Waals surface area contributed by atoms with Gasteiger partial charge in [0.25, 0.3) is 5.56 Å². The van der Waals surface area contributed by atoms with Crippen LogP contribution in [-0.2, 0) is 0 Å². The second-order valence-electron chi connectivity index (χ2n) is 2.89. The first-order valence-electron chi connectivity index (χ1n) is 3.79. The van der Waals surface area contributed by atoms with Crippen LogP contribution in [0.2, 0.25) is 0 Å². The Morgan fingerprint density at radius 1 is 1.46 bits per heavy atom. The average molecular weight is 184 g/mol. The topological polar surface area (TPSA) is 102 Å². The van der Waals surface area contributed by atoms with Crippen molar-refractivity contribution in [2.24, 2.45) is 0 Å². The Balaban J connectivity index is 2.32. The van der Waals surface area contributed by atoms with Crippen LogP contribution >= 0.6 is 0 Å². The Morgan fingerprint density at radius 2 is 2.15 bits per heavy atom. The Hall–Kier alpha value is -1.63. The lowest BCUT2D eigenvalue weighted by Crippen LogP contribution is -2.53. The van der Waals surface area contributed by atoms with E-state index in [0.717, 1.165) is 0 Å². The maximum atomic E-state index is 11.1. The third-order valence-electron chi connectivity index (χ3n) is 1.86. The number of nitrogens with zero attached hydrogens (tertiary/aromatic N) is 2. The van der Waals surface area contributed by atoms with E-state index in [-0.39, 0.29) is 5.82 Å². The summed E-state index contributed by atoms with van der Waals surface area (Å²) in [6.45, 7) is 0.754. The zero-order valence-electron chi connectivity index (χ0n) is 6.65. The van der Waals surface area contributed by atoms with Gasteiger partial charge in [-0.15, -0.1) is 5.10 Å². The van der Waals surface area contributed by atoms with Crippen LogP contribution in [0, 0.1) is 0 Å². The van der Waals surface area contributed by atoms with Gasteiger partial charge in [0.1, 0.15) is 0 Å². The molecular weight excluding hydrogens is 176 g/mol. The highest BCUT2D eigenvalue weighted by Gasteiger charge is 2.27. The highest BCUT2D eigenvalue weighted by Crippen LogP contribution is 2.11. The number of β-amino-alcohol motifs (C(OH)–C–C–N with tert-alkyl or cyclic N) is 1. The molecule has 0 radical (unpaired) electrons. The average Bonchev–Trinajstić information content (AvgIpc) is 2.00. The van der Waals surface area contributed by atoms with Crippen LogP contribution in [0.15, 0.2) is 9.59 Å². The van der Waals surface area contributed by atoms with Crippen molar-refractivity contribution >= 4 is 5.82 Å². The molecule has 0 atom stereocenters. The van der Waals surface area contributed by atoms with E-state index in [4.69, 9.17) is 5.11 Å². The summed E-state index contributed by atoms with van der Waals surface area (Å²) in [5.74, 6) is 0.143. The highest BCUT2D eigenvalue weighted by atomic mass is 16.3. The molecule has 3 N–H and O–H groups in total. The summed E-state index contributed by atoms with van der Waals surface area (Å²) in [6, 6.07) is 0. The number of anilines is 1. The molecule has 2 heterocycles. The van der Waals surface area contributed by atoms with Gasteiger partial charge in [-0.05, 0) is 0 Å². The summed E-state index contributed by atoms with van der Waals surface area (Å²) >= 11 is 0. The minimum absolute atomic E-state index is 0.143. The van der Waals surface area contributed by atoms with Crippen molar-refractivity contribution in [2.45, 2.75) is 6.10 Å². The van der Waals surface area contributed by atoms with E-state index >= 15 is 0 Å². The number of hydrogen-bond donors (Lipinski definition) is 3. The molecule has 1 aromatic rings. The molecule has 0 saturated carbocycles. The number of H-pyrrole nitrogens is 2. The van der Waals surface area contributed by atoms with Crippen LogP contribution in [0.1, 0.15) is 0 Å². The van der Waals surface area contributed by atoms with Crippen molar-refractivity contribution in [3.05, 3.63) is 20.8 Å². The largest absolute Gasteiger partial charge is 0.389 e. The first-order chi connectivity index (χ1) is 6.16. The number of hydrogen-bond acceptors (Lipinski definition) is 5. The van der Waals surface area contributed by atoms with Gasteiger partial charge in [-0.3, -0.25) is 9.78 Å². The van der Waals surface area contributed by atoms with Gasteiger partial charge in [0.15, 0.2) is 0 Å². The van der Waals surface area contributed by atoms with Gasteiger partial charge in [-0.2, -0.15) is 0 Å². The molecule has 1 saturated heterocycles. The summed E-state index contributed by atoms with van der Waals surface area (Å²) in [4.78, 5) is 25.3. The van der Waals surface area contributed by atoms with Gasteiger partial charge in [0.2, 0.25) is 5.82 Å². The van der Waals surface area contributed by atoms with Crippen LogP contribution < -0.4 is 16.1 Å². The van der Waals surface area contributed by atoms with E-state index in [1.807, 2.05) is 0 Å². The number of nitrogens with one attached hydrogen (secondary N) is 2. The van der Waals surface area contributed by atoms with E-state index in [1.165, 1.54) is 0 Å². The van der Waals surface area contributed by atoms with E-state index in [9.17, 15) is 9.59 Å². The first kappa shape index (κ1) is 7.99. The van der Waals surface area contributed by atoms with E-state index in [2.05, 4.69) is 15.2 Å². The van der Waals surface area contributed by atoms with Crippen LogP contribution in [0.4, 0.5) is 5.82 Å². The second kappa shape index (κ2) is 2.70. The SMILES string of the molecule is O=c1[nH]nc(N2CC(O)C2)c(=O)[nH]1. The molecule has 7 nitrogen and oxygen atoms in total. The third kappa shape index (κ3) is 1.33. The van der Waals surface area contributed by atoms with Gasteiger partial charge >= 0.3 is 5.69 Å². The highest BCUT2D eigenvalue weighted by molar-refractivity contribution is 5.38. The van der Waals surface area contributed by atoms with Gasteiger partial charge in [0.05, 0.1) is 6.10 Å². The first-order valence-corrected chi connectivity index (χ1v) is 3.79. The quantitative estimate of drug-likeness (QED) is 0.453. The monoisotopic (exact) mass is 184 g/mol. The third-order valence-corrected chi connectivity index (χ3v) is 1.86. The van der Waals surface area contributed by atoms with Crippen molar-refractivity contribution in [3.8, 4) is 0 Å². The van der Waals surface area contributed by atoms with Crippen LogP contribution in [0.25, 0.3) is 0 Å². The minimum Gasteiger partial charge on any atom is -0.389 e. The lowest BCUT2D eigenvalue weighted by Gasteiger charge is -2.35. The molecule has 0 unspecified atom stereocenters. The fourth-order valence-electron chi connectivity index (χ4n) is 1.18. The number of aliphatic hydroxyl groups excluding tert-OH is 1. The molecule has 0 aromatic carbocycles. The molecule has 13 heavy (non-hydrogen) atoms. The van der Waals surface area contributed by atoms with Crippen molar-refractivity contribution in [2.75, 3.05) is 18.0 Å². The molecule has 1 aliphatic heterocycles. The molecule has 1 fully saturated rings. The molecule has 2 rings (SSSR count). The normalized spacial score (nSPS) is 17.2.